The van der Waals surface area contributed by atoms with Gasteiger partial charge in [0.2, 0.25) is 0 Å². The number of ether oxygens (including phenoxy) is 1. The van der Waals surface area contributed by atoms with Crippen LogP contribution in [-0.4, -0.2) is 19.4 Å². The molecule has 2 unspecified atom stereocenters. The molecule has 1 rings (SSSR count). The van der Waals surface area contributed by atoms with Gasteiger partial charge in [-0.2, -0.15) is 0 Å². The van der Waals surface area contributed by atoms with Crippen molar-refractivity contribution < 1.29 is 10.5 Å². The van der Waals surface area contributed by atoms with E-state index in [1.165, 1.54) is 0 Å². The Balaban J connectivity index is 2.24. The van der Waals surface area contributed by atoms with Crippen LogP contribution in [0.4, 0.5) is 4.39 Å². The fourth-order valence-corrected chi connectivity index (χ4v) is 0.702. The first-order valence-electron chi connectivity index (χ1n) is 3.06. The molecule has 0 amide bonds. The molecule has 0 aromatic heterocycles. The van der Waals surface area contributed by atoms with E-state index in [4.69, 9.17) is 6.11 Å². The third kappa shape index (κ3) is 1.13. The van der Waals surface area contributed by atoms with Crippen molar-refractivity contribution in [2.24, 2.45) is 0 Å². The molecule has 42 valence electrons. The molecule has 0 aromatic rings. The molecule has 1 nitrogen and oxygen atoms in total. The highest BCUT2D eigenvalue weighted by Crippen LogP contribution is 2.11. The zero-order valence-electron chi connectivity index (χ0n) is 5.06. The van der Waals surface area contributed by atoms with Crippen LogP contribution in [-0.2, 0) is 4.74 Å². The molecular weight excluding hydrogens is 95.1 g/mol. The first-order valence-corrected chi connectivity index (χ1v) is 2.48. The molecule has 1 saturated heterocycles. The summed E-state index contributed by atoms with van der Waals surface area (Å²) in [6, 6.07) is 0. The Morgan fingerprint density at radius 1 is 2.00 bits per heavy atom. The molecule has 0 radical (unpaired) electrons. The van der Waals surface area contributed by atoms with Gasteiger partial charge in [-0.05, 0) is 12.8 Å². The maximum Gasteiger partial charge on any atom is 0.116 e. The van der Waals surface area contributed by atoms with E-state index in [1.54, 1.807) is 0 Å². The second kappa shape index (κ2) is 2.26. The topological polar surface area (TPSA) is 9.23 Å². The highest BCUT2D eigenvalue weighted by atomic mass is 19.1. The summed E-state index contributed by atoms with van der Waals surface area (Å²) < 4.78 is 23.4. The monoisotopic (exact) mass is 105 g/mol. The lowest BCUT2D eigenvalue weighted by atomic mass is 10.3. The SMILES string of the molecule is [2H]C(F)C1CCCO1. The van der Waals surface area contributed by atoms with Crippen LogP contribution in [0.2, 0.25) is 0 Å². The van der Waals surface area contributed by atoms with Crippen LogP contribution < -0.4 is 0 Å². The van der Waals surface area contributed by atoms with Crippen molar-refractivity contribution in [3.8, 4) is 0 Å². The molecule has 0 spiro atoms. The van der Waals surface area contributed by atoms with Gasteiger partial charge in [0.15, 0.2) is 0 Å². The Morgan fingerprint density at radius 3 is 3.14 bits per heavy atom. The van der Waals surface area contributed by atoms with E-state index < -0.39 is 12.8 Å². The number of hydrogen-bond acceptors (Lipinski definition) is 1. The van der Waals surface area contributed by atoms with Crippen LogP contribution in [0.25, 0.3) is 0 Å². The zero-order chi connectivity index (χ0) is 5.98. The van der Waals surface area contributed by atoms with Crippen LogP contribution in [0, 0.1) is 0 Å². The molecule has 1 fully saturated rings. The number of rotatable bonds is 1. The lowest BCUT2D eigenvalue weighted by Gasteiger charge is -1.98. The molecule has 0 aliphatic carbocycles. The van der Waals surface area contributed by atoms with Gasteiger partial charge in [-0.25, -0.2) is 4.39 Å². The molecule has 1 aliphatic heterocycles. The minimum atomic E-state index is -1.53. The maximum absolute atomic E-state index is 11.9. The van der Waals surface area contributed by atoms with Gasteiger partial charge >= 0.3 is 0 Å². The van der Waals surface area contributed by atoms with E-state index in [0.29, 0.717) is 13.0 Å². The Labute approximate surface area is 43.9 Å². The van der Waals surface area contributed by atoms with Crippen LogP contribution >= 0.6 is 0 Å². The highest BCUT2D eigenvalue weighted by molar-refractivity contribution is 4.61. The van der Waals surface area contributed by atoms with Crippen LogP contribution in [0.1, 0.15) is 14.2 Å². The molecule has 0 saturated carbocycles. The van der Waals surface area contributed by atoms with E-state index in [0.717, 1.165) is 6.42 Å². The quantitative estimate of drug-likeness (QED) is 0.485. The normalized spacial score (nSPS) is 37.9. The van der Waals surface area contributed by atoms with Crippen molar-refractivity contribution >= 4 is 0 Å². The highest BCUT2D eigenvalue weighted by Gasteiger charge is 2.13. The lowest BCUT2D eigenvalue weighted by Crippen LogP contribution is -2.05. The van der Waals surface area contributed by atoms with Crippen LogP contribution in [0.3, 0.4) is 0 Å². The van der Waals surface area contributed by atoms with Crippen LogP contribution in [0.15, 0.2) is 0 Å². The summed E-state index contributed by atoms with van der Waals surface area (Å²) in [7, 11) is 0. The third-order valence-corrected chi connectivity index (χ3v) is 1.11. The van der Waals surface area contributed by atoms with Crippen molar-refractivity contribution in [3.63, 3.8) is 0 Å². The molecule has 0 N–H and O–H groups in total. The number of hydrogen-bond donors (Lipinski definition) is 0. The summed E-state index contributed by atoms with van der Waals surface area (Å²) in [5.74, 6) is 0. The first kappa shape index (κ1) is 3.84. The standard InChI is InChI=1S/C5H9FO/c6-4-5-2-1-3-7-5/h5H,1-4H2/i4D. The second-order valence-corrected chi connectivity index (χ2v) is 1.68. The largest absolute Gasteiger partial charge is 0.376 e. The predicted molar refractivity (Wildman–Crippen MR) is 24.9 cm³/mol. The predicted octanol–water partition coefficient (Wildman–Crippen LogP) is 1.13. The van der Waals surface area contributed by atoms with Crippen molar-refractivity contribution in [2.75, 3.05) is 13.3 Å². The fourth-order valence-electron chi connectivity index (χ4n) is 0.702. The summed E-state index contributed by atoms with van der Waals surface area (Å²) in [6.45, 7) is -0.901. The van der Waals surface area contributed by atoms with Gasteiger partial charge in [0, 0.05) is 6.61 Å². The lowest BCUT2D eigenvalue weighted by molar-refractivity contribution is 0.0889. The molecule has 7 heavy (non-hydrogen) atoms. The average molecular weight is 105 g/mol. The molecule has 0 aromatic carbocycles. The minimum Gasteiger partial charge on any atom is -0.376 e. The second-order valence-electron chi connectivity index (χ2n) is 1.68. The Bertz CT molecular complexity index is 70.8. The number of halogens is 1. The van der Waals surface area contributed by atoms with Gasteiger partial charge in [0.05, 0.1) is 7.47 Å². The Hall–Kier alpha value is -0.110. The van der Waals surface area contributed by atoms with Crippen LogP contribution in [0.5, 0.6) is 0 Å². The van der Waals surface area contributed by atoms with Gasteiger partial charge in [-0.15, -0.1) is 0 Å². The zero-order valence-corrected chi connectivity index (χ0v) is 4.06. The maximum atomic E-state index is 11.9. The average Bonchev–Trinajstić information content (AvgIpc) is 2.12. The molecular formula is C5H9FO. The first-order chi connectivity index (χ1) is 3.80. The summed E-state index contributed by atoms with van der Waals surface area (Å²) in [4.78, 5) is 0. The summed E-state index contributed by atoms with van der Waals surface area (Å²) >= 11 is 0. The smallest absolute Gasteiger partial charge is 0.116 e. The van der Waals surface area contributed by atoms with Gasteiger partial charge in [-0.3, -0.25) is 0 Å². The van der Waals surface area contributed by atoms with Crippen molar-refractivity contribution in [2.45, 2.75) is 18.9 Å². The molecule has 1 heterocycles. The number of alkyl halides is 1. The van der Waals surface area contributed by atoms with Gasteiger partial charge < -0.3 is 4.74 Å². The molecule has 2 atom stereocenters. The third-order valence-electron chi connectivity index (χ3n) is 1.11. The van der Waals surface area contributed by atoms with Crippen molar-refractivity contribution in [1.82, 2.24) is 0 Å². The van der Waals surface area contributed by atoms with Gasteiger partial charge in [-0.1, -0.05) is 0 Å². The molecule has 2 heteroatoms. The van der Waals surface area contributed by atoms with Gasteiger partial charge in [0.1, 0.15) is 6.65 Å². The van der Waals surface area contributed by atoms with E-state index >= 15 is 0 Å². The summed E-state index contributed by atoms with van der Waals surface area (Å²) in [5.41, 5.74) is 0. The van der Waals surface area contributed by atoms with Gasteiger partial charge in [0.25, 0.3) is 0 Å². The van der Waals surface area contributed by atoms with E-state index in [-0.39, 0.29) is 0 Å². The summed E-state index contributed by atoms with van der Waals surface area (Å²) in [5, 5.41) is 0. The Morgan fingerprint density at radius 2 is 2.86 bits per heavy atom. The van der Waals surface area contributed by atoms with E-state index in [1.807, 2.05) is 0 Å². The molecule has 1 aliphatic rings. The van der Waals surface area contributed by atoms with Crippen molar-refractivity contribution in [1.29, 1.82) is 0 Å². The minimum absolute atomic E-state index is 0.435. The van der Waals surface area contributed by atoms with Crippen molar-refractivity contribution in [3.05, 3.63) is 0 Å². The van der Waals surface area contributed by atoms with E-state index in [2.05, 4.69) is 0 Å². The summed E-state index contributed by atoms with van der Waals surface area (Å²) in [6.07, 6.45) is 1.18. The Kier molecular flexibility index (Phi) is 1.24. The fraction of sp³-hybridized carbons (Fsp3) is 1.00. The van der Waals surface area contributed by atoms with E-state index in [9.17, 15) is 4.39 Å². The molecule has 0 bridgehead atoms.